The first-order valence-corrected chi connectivity index (χ1v) is 7.60. The molecule has 19 heavy (non-hydrogen) atoms. The minimum atomic E-state index is -3.57. The second-order valence-corrected chi connectivity index (χ2v) is 7.04. The molecule has 104 valence electrons. The van der Waals surface area contributed by atoms with Crippen LogP contribution in [0.25, 0.3) is 0 Å². The summed E-state index contributed by atoms with van der Waals surface area (Å²) in [4.78, 5) is 10.7. The Morgan fingerprint density at radius 3 is 2.68 bits per heavy atom. The molecule has 0 aliphatic carbocycles. The van der Waals surface area contributed by atoms with E-state index >= 15 is 0 Å². The van der Waals surface area contributed by atoms with Crippen LogP contribution in [0.1, 0.15) is 12.0 Å². The second-order valence-electron chi connectivity index (χ2n) is 4.70. The van der Waals surface area contributed by atoms with Gasteiger partial charge in [-0.25, -0.2) is 8.42 Å². The van der Waals surface area contributed by atoms with Gasteiger partial charge in [-0.15, -0.1) is 0 Å². The minimum absolute atomic E-state index is 0.000544. The van der Waals surface area contributed by atoms with Gasteiger partial charge in [-0.1, -0.05) is 17.7 Å². The Bertz CT molecular complexity index is 608. The highest BCUT2D eigenvalue weighted by Crippen LogP contribution is 2.29. The van der Waals surface area contributed by atoms with Crippen LogP contribution in [-0.4, -0.2) is 36.9 Å². The maximum atomic E-state index is 12.3. The SMILES string of the molecule is Cc1ccc(Cl)cc1S(=O)(=O)N1CC(CC(=O)O)C1. The molecule has 0 amide bonds. The van der Waals surface area contributed by atoms with E-state index in [0.717, 1.165) is 0 Å². The van der Waals surface area contributed by atoms with Gasteiger partial charge in [-0.05, 0) is 30.5 Å². The monoisotopic (exact) mass is 303 g/mol. The standard InChI is InChI=1S/C12H14ClNO4S/c1-8-2-3-10(13)5-11(8)19(17,18)14-6-9(7-14)4-12(15)16/h2-3,5,9H,4,6-7H2,1H3,(H,15,16). The maximum Gasteiger partial charge on any atom is 0.303 e. The first kappa shape index (κ1) is 14.3. The summed E-state index contributed by atoms with van der Waals surface area (Å²) >= 11 is 5.83. The Morgan fingerprint density at radius 1 is 1.47 bits per heavy atom. The Hall–Kier alpha value is -1.11. The van der Waals surface area contributed by atoms with Crippen molar-refractivity contribution in [2.24, 2.45) is 5.92 Å². The van der Waals surface area contributed by atoms with Crippen molar-refractivity contribution in [1.82, 2.24) is 4.31 Å². The van der Waals surface area contributed by atoms with Crippen molar-refractivity contribution in [1.29, 1.82) is 0 Å². The van der Waals surface area contributed by atoms with Gasteiger partial charge in [0.2, 0.25) is 10.0 Å². The third-order valence-electron chi connectivity index (χ3n) is 3.15. The van der Waals surface area contributed by atoms with E-state index < -0.39 is 16.0 Å². The van der Waals surface area contributed by atoms with Crippen molar-refractivity contribution in [3.63, 3.8) is 0 Å². The molecule has 1 aromatic carbocycles. The van der Waals surface area contributed by atoms with Crippen LogP contribution in [-0.2, 0) is 14.8 Å². The van der Waals surface area contributed by atoms with E-state index in [0.29, 0.717) is 10.6 Å². The number of benzene rings is 1. The molecule has 0 bridgehead atoms. The zero-order valence-electron chi connectivity index (χ0n) is 10.3. The Kier molecular flexibility index (Phi) is 3.85. The Balaban J connectivity index is 2.17. The predicted octanol–water partition coefficient (Wildman–Crippen LogP) is 1.74. The van der Waals surface area contributed by atoms with Crippen LogP contribution in [0.5, 0.6) is 0 Å². The molecule has 0 saturated carbocycles. The molecule has 2 rings (SSSR count). The molecule has 1 saturated heterocycles. The van der Waals surface area contributed by atoms with E-state index in [1.54, 1.807) is 19.1 Å². The molecule has 1 aromatic rings. The number of nitrogens with zero attached hydrogens (tertiary/aromatic N) is 1. The smallest absolute Gasteiger partial charge is 0.303 e. The van der Waals surface area contributed by atoms with Crippen molar-refractivity contribution >= 4 is 27.6 Å². The van der Waals surface area contributed by atoms with E-state index in [2.05, 4.69) is 0 Å². The maximum absolute atomic E-state index is 12.3. The number of halogens is 1. The fourth-order valence-electron chi connectivity index (χ4n) is 2.09. The first-order chi connectivity index (χ1) is 8.80. The number of sulfonamides is 1. The molecular weight excluding hydrogens is 290 g/mol. The van der Waals surface area contributed by atoms with Crippen molar-refractivity contribution in [3.8, 4) is 0 Å². The summed E-state index contributed by atoms with van der Waals surface area (Å²) < 4.78 is 26.0. The normalized spacial score (nSPS) is 17.2. The average molecular weight is 304 g/mol. The second kappa shape index (κ2) is 5.11. The molecule has 0 spiro atoms. The summed E-state index contributed by atoms with van der Waals surface area (Å²) in [6, 6.07) is 4.72. The number of hydrogen-bond donors (Lipinski definition) is 1. The topological polar surface area (TPSA) is 74.7 Å². The molecule has 0 atom stereocenters. The number of aryl methyl sites for hydroxylation is 1. The summed E-state index contributed by atoms with van der Waals surface area (Å²) in [6.07, 6.45) is 0.000544. The van der Waals surface area contributed by atoms with Crippen molar-refractivity contribution in [2.75, 3.05) is 13.1 Å². The number of hydrogen-bond acceptors (Lipinski definition) is 3. The van der Waals surface area contributed by atoms with Gasteiger partial charge in [-0.3, -0.25) is 4.79 Å². The predicted molar refractivity (Wildman–Crippen MR) is 70.7 cm³/mol. The molecule has 7 heteroatoms. The van der Waals surface area contributed by atoms with Crippen LogP contribution < -0.4 is 0 Å². The quantitative estimate of drug-likeness (QED) is 0.919. The highest BCUT2D eigenvalue weighted by atomic mass is 35.5. The third kappa shape index (κ3) is 2.91. The molecule has 1 aliphatic heterocycles. The summed E-state index contributed by atoms with van der Waals surface area (Å²) in [5.74, 6) is -1.01. The van der Waals surface area contributed by atoms with Gasteiger partial charge < -0.3 is 5.11 Å². The highest BCUT2D eigenvalue weighted by molar-refractivity contribution is 7.89. The average Bonchev–Trinajstić information content (AvgIpc) is 2.25. The van der Waals surface area contributed by atoms with E-state index in [-0.39, 0.29) is 30.3 Å². The zero-order valence-corrected chi connectivity index (χ0v) is 11.9. The summed E-state index contributed by atoms with van der Waals surface area (Å²) in [6.45, 7) is 2.21. The van der Waals surface area contributed by atoms with Crippen LogP contribution in [0.4, 0.5) is 0 Å². The van der Waals surface area contributed by atoms with E-state index in [4.69, 9.17) is 16.7 Å². The van der Waals surface area contributed by atoms with E-state index in [1.807, 2.05) is 0 Å². The van der Waals surface area contributed by atoms with Gasteiger partial charge in [0.25, 0.3) is 0 Å². The molecule has 1 heterocycles. The van der Waals surface area contributed by atoms with E-state index in [1.165, 1.54) is 10.4 Å². The number of carbonyl (C=O) groups is 1. The molecule has 1 N–H and O–H groups in total. The zero-order chi connectivity index (χ0) is 14.2. The Morgan fingerprint density at radius 2 is 2.11 bits per heavy atom. The number of rotatable bonds is 4. The third-order valence-corrected chi connectivity index (χ3v) is 5.36. The van der Waals surface area contributed by atoms with Gasteiger partial charge in [0, 0.05) is 18.1 Å². The van der Waals surface area contributed by atoms with Crippen molar-refractivity contribution in [2.45, 2.75) is 18.2 Å². The van der Waals surface area contributed by atoms with Gasteiger partial charge in [-0.2, -0.15) is 4.31 Å². The lowest BCUT2D eigenvalue weighted by molar-refractivity contribution is -0.139. The largest absolute Gasteiger partial charge is 0.481 e. The van der Waals surface area contributed by atoms with Gasteiger partial charge in [0.1, 0.15) is 0 Å². The molecule has 0 radical (unpaired) electrons. The van der Waals surface area contributed by atoms with Gasteiger partial charge in [0.05, 0.1) is 11.3 Å². The first-order valence-electron chi connectivity index (χ1n) is 5.79. The summed E-state index contributed by atoms with van der Waals surface area (Å²) in [7, 11) is -3.57. The Labute approximate surface area is 116 Å². The van der Waals surface area contributed by atoms with Gasteiger partial charge >= 0.3 is 5.97 Å². The highest BCUT2D eigenvalue weighted by Gasteiger charge is 2.38. The number of aliphatic carboxylic acids is 1. The molecule has 1 aliphatic rings. The van der Waals surface area contributed by atoms with Crippen LogP contribution >= 0.6 is 11.6 Å². The summed E-state index contributed by atoms with van der Waals surface area (Å²) in [5, 5.41) is 9.02. The fourth-order valence-corrected chi connectivity index (χ4v) is 4.17. The molecule has 1 fully saturated rings. The number of carboxylic acid groups (broad SMARTS) is 1. The molecular formula is C12H14ClNO4S. The van der Waals surface area contributed by atoms with Crippen molar-refractivity contribution in [3.05, 3.63) is 28.8 Å². The van der Waals surface area contributed by atoms with Crippen LogP contribution in [0, 0.1) is 12.8 Å². The van der Waals surface area contributed by atoms with Gasteiger partial charge in [0.15, 0.2) is 0 Å². The molecule has 5 nitrogen and oxygen atoms in total. The molecule has 0 unspecified atom stereocenters. The lowest BCUT2D eigenvalue weighted by Crippen LogP contribution is -2.50. The van der Waals surface area contributed by atoms with Crippen LogP contribution in [0.2, 0.25) is 5.02 Å². The van der Waals surface area contributed by atoms with E-state index in [9.17, 15) is 13.2 Å². The number of carboxylic acids is 1. The van der Waals surface area contributed by atoms with Crippen molar-refractivity contribution < 1.29 is 18.3 Å². The minimum Gasteiger partial charge on any atom is -0.481 e. The molecule has 0 aromatic heterocycles. The lowest BCUT2D eigenvalue weighted by Gasteiger charge is -2.37. The fraction of sp³-hybridized carbons (Fsp3) is 0.417. The summed E-state index contributed by atoms with van der Waals surface area (Å²) in [5.41, 5.74) is 0.631. The van der Waals surface area contributed by atoms with Crippen LogP contribution in [0.3, 0.4) is 0 Å². The van der Waals surface area contributed by atoms with Crippen LogP contribution in [0.15, 0.2) is 23.1 Å². The lowest BCUT2D eigenvalue weighted by atomic mass is 10.00.